The first-order valence-electron chi connectivity index (χ1n) is 7.45. The van der Waals surface area contributed by atoms with Crippen LogP contribution in [0.4, 0.5) is 0 Å². The molecule has 0 heterocycles. The Morgan fingerprint density at radius 2 is 2.11 bits per heavy atom. The van der Waals surface area contributed by atoms with Gasteiger partial charge in [-0.3, -0.25) is 4.90 Å². The first kappa shape index (κ1) is 15.9. The first-order chi connectivity index (χ1) is 8.53. The molecule has 0 aromatic heterocycles. The van der Waals surface area contributed by atoms with Crippen LogP contribution in [-0.2, 0) is 4.74 Å². The van der Waals surface area contributed by atoms with E-state index in [2.05, 4.69) is 38.0 Å². The number of nitrogens with one attached hydrogen (secondary N) is 1. The van der Waals surface area contributed by atoms with Crippen molar-refractivity contribution in [3.05, 3.63) is 0 Å². The number of nitrogens with zero attached hydrogens (tertiary/aromatic N) is 1. The summed E-state index contributed by atoms with van der Waals surface area (Å²) in [5.41, 5.74) is 0.402. The Morgan fingerprint density at radius 3 is 2.72 bits per heavy atom. The largest absolute Gasteiger partial charge is 0.383 e. The molecule has 108 valence electrons. The predicted octanol–water partition coefficient (Wildman–Crippen LogP) is 2.51. The van der Waals surface area contributed by atoms with E-state index in [1.165, 1.54) is 25.7 Å². The first-order valence-corrected chi connectivity index (χ1v) is 7.45. The van der Waals surface area contributed by atoms with Gasteiger partial charge in [0, 0.05) is 25.7 Å². The van der Waals surface area contributed by atoms with Crippen LogP contribution >= 0.6 is 0 Å². The van der Waals surface area contributed by atoms with E-state index in [1.54, 1.807) is 7.11 Å². The third kappa shape index (κ3) is 4.22. The van der Waals surface area contributed by atoms with Gasteiger partial charge in [0.1, 0.15) is 0 Å². The zero-order valence-corrected chi connectivity index (χ0v) is 13.0. The van der Waals surface area contributed by atoms with Gasteiger partial charge in [0.2, 0.25) is 0 Å². The molecule has 0 spiro atoms. The normalized spacial score (nSPS) is 27.7. The number of rotatable bonds is 7. The van der Waals surface area contributed by atoms with Gasteiger partial charge in [-0.1, -0.05) is 27.2 Å². The van der Waals surface area contributed by atoms with Crippen molar-refractivity contribution in [1.82, 2.24) is 10.2 Å². The van der Waals surface area contributed by atoms with Gasteiger partial charge in [0.05, 0.1) is 6.61 Å². The van der Waals surface area contributed by atoms with Crippen molar-refractivity contribution in [3.8, 4) is 0 Å². The average Bonchev–Trinajstić information content (AvgIpc) is 2.33. The molecule has 1 rings (SSSR count). The van der Waals surface area contributed by atoms with Gasteiger partial charge < -0.3 is 10.1 Å². The molecule has 1 N–H and O–H groups in total. The highest BCUT2D eigenvalue weighted by Crippen LogP contribution is 2.37. The van der Waals surface area contributed by atoms with Gasteiger partial charge in [0.15, 0.2) is 0 Å². The zero-order valence-electron chi connectivity index (χ0n) is 13.0. The summed E-state index contributed by atoms with van der Waals surface area (Å²) in [6, 6.07) is 1.25. The topological polar surface area (TPSA) is 24.5 Å². The molecule has 0 aliphatic heterocycles. The van der Waals surface area contributed by atoms with Crippen molar-refractivity contribution in [2.45, 2.75) is 58.5 Å². The van der Waals surface area contributed by atoms with Crippen LogP contribution in [0, 0.1) is 5.41 Å². The maximum Gasteiger partial charge on any atom is 0.0589 e. The maximum absolute atomic E-state index is 5.21. The highest BCUT2D eigenvalue weighted by Gasteiger charge is 2.39. The van der Waals surface area contributed by atoms with Crippen LogP contribution < -0.4 is 5.32 Å². The molecule has 0 bridgehead atoms. The fourth-order valence-corrected chi connectivity index (χ4v) is 3.20. The summed E-state index contributed by atoms with van der Waals surface area (Å²) < 4.78 is 5.21. The van der Waals surface area contributed by atoms with Gasteiger partial charge in [-0.2, -0.15) is 0 Å². The van der Waals surface area contributed by atoms with E-state index >= 15 is 0 Å². The van der Waals surface area contributed by atoms with E-state index < -0.39 is 0 Å². The lowest BCUT2D eigenvalue weighted by Crippen LogP contribution is -2.58. The Bertz CT molecular complexity index is 231. The van der Waals surface area contributed by atoms with Crippen molar-refractivity contribution in [1.29, 1.82) is 0 Å². The van der Waals surface area contributed by atoms with Crippen LogP contribution in [0.1, 0.15) is 46.5 Å². The van der Waals surface area contributed by atoms with Crippen LogP contribution in [0.2, 0.25) is 0 Å². The fourth-order valence-electron chi connectivity index (χ4n) is 3.20. The predicted molar refractivity (Wildman–Crippen MR) is 78.0 cm³/mol. The summed E-state index contributed by atoms with van der Waals surface area (Å²) in [4.78, 5) is 2.48. The summed E-state index contributed by atoms with van der Waals surface area (Å²) in [7, 11) is 4.02. The molecule has 1 aliphatic carbocycles. The molecule has 1 aliphatic rings. The van der Waals surface area contributed by atoms with E-state index in [1.807, 2.05) is 0 Å². The van der Waals surface area contributed by atoms with E-state index in [0.717, 1.165) is 19.7 Å². The van der Waals surface area contributed by atoms with Gasteiger partial charge in [-0.15, -0.1) is 0 Å². The molecule has 1 fully saturated rings. The molecule has 0 radical (unpaired) electrons. The van der Waals surface area contributed by atoms with Gasteiger partial charge in [0.25, 0.3) is 0 Å². The SMILES string of the molecule is CCCNC1C(N(C)CCOC)CCCC1(C)C. The maximum atomic E-state index is 5.21. The van der Waals surface area contributed by atoms with Crippen LogP contribution in [-0.4, -0.2) is 50.8 Å². The Balaban J connectivity index is 2.65. The third-order valence-corrected chi connectivity index (χ3v) is 4.38. The van der Waals surface area contributed by atoms with Crippen molar-refractivity contribution in [2.75, 3.05) is 33.9 Å². The number of hydrogen-bond donors (Lipinski definition) is 1. The summed E-state index contributed by atoms with van der Waals surface area (Å²) in [6.45, 7) is 10.1. The molecule has 3 heteroatoms. The second-order valence-electron chi connectivity index (χ2n) is 6.35. The Hall–Kier alpha value is -0.120. The lowest BCUT2D eigenvalue weighted by molar-refractivity contribution is 0.0480. The highest BCUT2D eigenvalue weighted by atomic mass is 16.5. The minimum Gasteiger partial charge on any atom is -0.383 e. The third-order valence-electron chi connectivity index (χ3n) is 4.38. The molecular formula is C15H32N2O. The molecule has 0 aromatic rings. The summed E-state index contributed by atoms with van der Waals surface area (Å²) >= 11 is 0. The molecule has 0 amide bonds. The molecular weight excluding hydrogens is 224 g/mol. The van der Waals surface area contributed by atoms with Crippen LogP contribution in [0.15, 0.2) is 0 Å². The van der Waals surface area contributed by atoms with Gasteiger partial charge >= 0.3 is 0 Å². The number of likely N-dealkylation sites (N-methyl/N-ethyl adjacent to an activating group) is 1. The smallest absolute Gasteiger partial charge is 0.0589 e. The lowest BCUT2D eigenvalue weighted by atomic mass is 9.70. The van der Waals surface area contributed by atoms with Crippen molar-refractivity contribution >= 4 is 0 Å². The number of ether oxygens (including phenoxy) is 1. The minimum absolute atomic E-state index is 0.402. The quantitative estimate of drug-likeness (QED) is 0.757. The average molecular weight is 256 g/mol. The molecule has 2 atom stereocenters. The molecule has 2 unspecified atom stereocenters. The van der Waals surface area contributed by atoms with Crippen LogP contribution in [0.3, 0.4) is 0 Å². The fraction of sp³-hybridized carbons (Fsp3) is 1.00. The minimum atomic E-state index is 0.402. The zero-order chi connectivity index (χ0) is 13.6. The molecule has 0 saturated heterocycles. The lowest BCUT2D eigenvalue weighted by Gasteiger charge is -2.48. The van der Waals surface area contributed by atoms with E-state index in [4.69, 9.17) is 4.74 Å². The molecule has 1 saturated carbocycles. The molecule has 3 nitrogen and oxygen atoms in total. The second kappa shape index (κ2) is 7.46. The molecule has 0 aromatic carbocycles. The summed E-state index contributed by atoms with van der Waals surface area (Å²) in [5, 5.41) is 3.79. The number of methoxy groups -OCH3 is 1. The Labute approximate surface area is 113 Å². The van der Waals surface area contributed by atoms with Crippen LogP contribution in [0.25, 0.3) is 0 Å². The van der Waals surface area contributed by atoms with Crippen molar-refractivity contribution < 1.29 is 4.74 Å². The molecule has 18 heavy (non-hydrogen) atoms. The van der Waals surface area contributed by atoms with E-state index in [9.17, 15) is 0 Å². The Kier molecular flexibility index (Phi) is 6.61. The van der Waals surface area contributed by atoms with Gasteiger partial charge in [-0.05, 0) is 38.3 Å². The summed E-state index contributed by atoms with van der Waals surface area (Å²) in [5.74, 6) is 0. The highest BCUT2D eigenvalue weighted by molar-refractivity contribution is 4.97. The van der Waals surface area contributed by atoms with Gasteiger partial charge in [-0.25, -0.2) is 0 Å². The summed E-state index contributed by atoms with van der Waals surface area (Å²) in [6.07, 6.45) is 5.20. The Morgan fingerprint density at radius 1 is 1.39 bits per heavy atom. The monoisotopic (exact) mass is 256 g/mol. The van der Waals surface area contributed by atoms with Crippen LogP contribution in [0.5, 0.6) is 0 Å². The standard InChI is InChI=1S/C15H32N2O/c1-6-10-16-14-13(17(4)11-12-18-5)8-7-9-15(14,2)3/h13-14,16H,6-12H2,1-5H3. The van der Waals surface area contributed by atoms with Crippen molar-refractivity contribution in [2.24, 2.45) is 5.41 Å². The second-order valence-corrected chi connectivity index (χ2v) is 6.35. The van der Waals surface area contributed by atoms with E-state index in [0.29, 0.717) is 17.5 Å². The number of hydrogen-bond acceptors (Lipinski definition) is 3. The van der Waals surface area contributed by atoms with Crippen molar-refractivity contribution in [3.63, 3.8) is 0 Å². The van der Waals surface area contributed by atoms with E-state index in [-0.39, 0.29) is 0 Å².